The number of H-pyrrole nitrogens is 1. The molecule has 0 radical (unpaired) electrons. The fourth-order valence-electron chi connectivity index (χ4n) is 2.56. The van der Waals surface area contributed by atoms with Gasteiger partial charge in [0, 0.05) is 11.8 Å². The Morgan fingerprint density at radius 2 is 1.73 bits per heavy atom. The average Bonchev–Trinajstić information content (AvgIpc) is 2.59. The lowest BCUT2D eigenvalue weighted by Crippen LogP contribution is -2.10. The van der Waals surface area contributed by atoms with Crippen LogP contribution in [-0.2, 0) is 0 Å². The Labute approximate surface area is 155 Å². The van der Waals surface area contributed by atoms with Gasteiger partial charge in [0.15, 0.2) is 5.75 Å². The van der Waals surface area contributed by atoms with E-state index in [-0.39, 0.29) is 10.8 Å². The quantitative estimate of drug-likeness (QED) is 0.678. The third-order valence-corrected chi connectivity index (χ3v) is 4.01. The van der Waals surface area contributed by atoms with Crippen molar-refractivity contribution in [3.63, 3.8) is 0 Å². The van der Waals surface area contributed by atoms with Gasteiger partial charge in [-0.15, -0.1) is 0 Å². The van der Waals surface area contributed by atoms with Gasteiger partial charge in [-0.1, -0.05) is 17.7 Å². The van der Waals surface area contributed by atoms with Crippen LogP contribution < -0.4 is 15.6 Å². The first-order chi connectivity index (χ1) is 12.4. The highest BCUT2D eigenvalue weighted by Crippen LogP contribution is 2.30. The maximum absolute atomic E-state index is 12.1. The predicted molar refractivity (Wildman–Crippen MR) is 103 cm³/mol. The summed E-state index contributed by atoms with van der Waals surface area (Å²) in [5.41, 5.74) is 2.93. The number of hydrogen-bond donors (Lipinski definition) is 2. The fourth-order valence-corrected chi connectivity index (χ4v) is 2.70. The van der Waals surface area contributed by atoms with Crippen molar-refractivity contribution in [3.05, 3.63) is 80.6 Å². The SMILES string of the molecule is Cc1cc(C)cc(Oc2cc(Nc3ccc(C#N)cc3)[nH]c(=O)c2Cl)c1. The summed E-state index contributed by atoms with van der Waals surface area (Å²) in [7, 11) is 0. The fraction of sp³-hybridized carbons (Fsp3) is 0.100. The summed E-state index contributed by atoms with van der Waals surface area (Å²) in [6.07, 6.45) is 0. The van der Waals surface area contributed by atoms with Crippen LogP contribution in [0.25, 0.3) is 0 Å². The van der Waals surface area contributed by atoms with Gasteiger partial charge < -0.3 is 15.0 Å². The standard InChI is InChI=1S/C20H16ClN3O2/c1-12-7-13(2)9-16(8-12)26-17-10-18(24-20(25)19(17)21)23-15-5-3-14(11-22)4-6-15/h3-10H,1-2H3,(H2,23,24,25). The lowest BCUT2D eigenvalue weighted by Gasteiger charge is -2.12. The second-order valence-electron chi connectivity index (χ2n) is 5.93. The highest BCUT2D eigenvalue weighted by Gasteiger charge is 2.11. The minimum atomic E-state index is -0.454. The number of nitrogens with zero attached hydrogens (tertiary/aromatic N) is 1. The van der Waals surface area contributed by atoms with Crippen LogP contribution in [0.4, 0.5) is 11.5 Å². The molecule has 2 aromatic carbocycles. The van der Waals surface area contributed by atoms with E-state index in [1.165, 1.54) is 0 Å². The van der Waals surface area contributed by atoms with Crippen molar-refractivity contribution in [2.24, 2.45) is 0 Å². The molecule has 0 spiro atoms. The van der Waals surface area contributed by atoms with Crippen molar-refractivity contribution in [3.8, 4) is 17.6 Å². The second-order valence-corrected chi connectivity index (χ2v) is 6.31. The van der Waals surface area contributed by atoms with E-state index < -0.39 is 5.56 Å². The first-order valence-corrected chi connectivity index (χ1v) is 8.28. The predicted octanol–water partition coefficient (Wildman–Crippen LogP) is 5.05. The number of nitriles is 1. The zero-order chi connectivity index (χ0) is 18.7. The van der Waals surface area contributed by atoms with Gasteiger partial charge in [0.25, 0.3) is 5.56 Å². The molecule has 0 bridgehead atoms. The van der Waals surface area contributed by atoms with Crippen LogP contribution in [0.15, 0.2) is 53.3 Å². The largest absolute Gasteiger partial charge is 0.455 e. The van der Waals surface area contributed by atoms with Crippen molar-refractivity contribution in [1.29, 1.82) is 5.26 Å². The molecule has 26 heavy (non-hydrogen) atoms. The molecule has 0 aliphatic carbocycles. The van der Waals surface area contributed by atoms with Gasteiger partial charge >= 0.3 is 0 Å². The Hall–Kier alpha value is -3.23. The molecular weight excluding hydrogens is 350 g/mol. The smallest absolute Gasteiger partial charge is 0.272 e. The summed E-state index contributed by atoms with van der Waals surface area (Å²) in [5.74, 6) is 1.30. The van der Waals surface area contributed by atoms with Crippen LogP contribution >= 0.6 is 11.6 Å². The zero-order valence-corrected chi connectivity index (χ0v) is 15.0. The zero-order valence-electron chi connectivity index (χ0n) is 14.3. The van der Waals surface area contributed by atoms with Crippen molar-refractivity contribution in [2.45, 2.75) is 13.8 Å². The molecule has 3 aromatic rings. The second kappa shape index (κ2) is 7.34. The van der Waals surface area contributed by atoms with Crippen molar-refractivity contribution >= 4 is 23.1 Å². The van der Waals surface area contributed by atoms with E-state index in [0.29, 0.717) is 17.1 Å². The molecule has 0 unspecified atom stereocenters. The number of pyridine rings is 1. The Morgan fingerprint density at radius 1 is 1.08 bits per heavy atom. The molecule has 0 atom stereocenters. The molecule has 0 saturated heterocycles. The van der Waals surface area contributed by atoms with Crippen LogP contribution in [0.1, 0.15) is 16.7 Å². The number of ether oxygens (including phenoxy) is 1. The number of nitrogens with one attached hydrogen (secondary N) is 2. The van der Waals surface area contributed by atoms with E-state index in [4.69, 9.17) is 21.6 Å². The van der Waals surface area contributed by atoms with Gasteiger partial charge in [-0.3, -0.25) is 4.79 Å². The molecule has 0 aliphatic heterocycles. The number of anilines is 2. The molecule has 1 aromatic heterocycles. The maximum Gasteiger partial charge on any atom is 0.272 e. The van der Waals surface area contributed by atoms with E-state index in [1.807, 2.05) is 32.0 Å². The van der Waals surface area contributed by atoms with Crippen molar-refractivity contribution in [1.82, 2.24) is 4.98 Å². The molecule has 0 amide bonds. The molecule has 6 heteroatoms. The monoisotopic (exact) mass is 365 g/mol. The molecule has 130 valence electrons. The minimum Gasteiger partial charge on any atom is -0.455 e. The van der Waals surface area contributed by atoms with Gasteiger partial charge in [0.2, 0.25) is 0 Å². The van der Waals surface area contributed by atoms with Gasteiger partial charge in [-0.25, -0.2) is 0 Å². The first-order valence-electron chi connectivity index (χ1n) is 7.91. The van der Waals surface area contributed by atoms with Gasteiger partial charge in [-0.2, -0.15) is 5.26 Å². The van der Waals surface area contributed by atoms with Crippen LogP contribution in [0.5, 0.6) is 11.5 Å². The number of rotatable bonds is 4. The van der Waals surface area contributed by atoms with E-state index in [0.717, 1.165) is 16.8 Å². The third kappa shape index (κ3) is 4.05. The summed E-state index contributed by atoms with van der Waals surface area (Å²) in [6, 6.07) is 16.3. The summed E-state index contributed by atoms with van der Waals surface area (Å²) in [4.78, 5) is 14.8. The third-order valence-electron chi connectivity index (χ3n) is 3.66. The topological polar surface area (TPSA) is 77.9 Å². The van der Waals surface area contributed by atoms with Gasteiger partial charge in [-0.05, 0) is 61.4 Å². The van der Waals surface area contributed by atoms with Gasteiger partial charge in [0.1, 0.15) is 16.6 Å². The van der Waals surface area contributed by atoms with Crippen LogP contribution in [-0.4, -0.2) is 4.98 Å². The molecule has 2 N–H and O–H groups in total. The first kappa shape index (κ1) is 17.6. The van der Waals surface area contributed by atoms with E-state index in [2.05, 4.69) is 16.4 Å². The van der Waals surface area contributed by atoms with Crippen LogP contribution in [0.3, 0.4) is 0 Å². The molecule has 0 aliphatic rings. The number of benzene rings is 2. The van der Waals surface area contributed by atoms with Crippen LogP contribution in [0, 0.1) is 25.2 Å². The summed E-state index contributed by atoms with van der Waals surface area (Å²) in [5, 5.41) is 11.9. The molecule has 1 heterocycles. The maximum atomic E-state index is 12.1. The van der Waals surface area contributed by atoms with Gasteiger partial charge in [0.05, 0.1) is 11.6 Å². The minimum absolute atomic E-state index is 0.0189. The molecule has 5 nitrogen and oxygen atoms in total. The lowest BCUT2D eigenvalue weighted by molar-refractivity contribution is 0.481. The number of aromatic nitrogens is 1. The normalized spacial score (nSPS) is 10.2. The van der Waals surface area contributed by atoms with E-state index >= 15 is 0 Å². The average molecular weight is 366 g/mol. The Morgan fingerprint density at radius 3 is 2.35 bits per heavy atom. The number of hydrogen-bond acceptors (Lipinski definition) is 4. The van der Waals surface area contributed by atoms with Crippen LogP contribution in [0.2, 0.25) is 5.02 Å². The Bertz CT molecular complexity index is 1030. The summed E-state index contributed by atoms with van der Waals surface area (Å²) >= 11 is 6.10. The number of aryl methyl sites for hydroxylation is 2. The van der Waals surface area contributed by atoms with Crippen molar-refractivity contribution in [2.75, 3.05) is 5.32 Å². The lowest BCUT2D eigenvalue weighted by atomic mass is 10.1. The summed E-state index contributed by atoms with van der Waals surface area (Å²) < 4.78 is 5.83. The summed E-state index contributed by atoms with van der Waals surface area (Å²) in [6.45, 7) is 3.94. The highest BCUT2D eigenvalue weighted by atomic mass is 35.5. The molecular formula is C20H16ClN3O2. The Balaban J connectivity index is 1.91. The highest BCUT2D eigenvalue weighted by molar-refractivity contribution is 6.31. The van der Waals surface area contributed by atoms with Crippen molar-refractivity contribution < 1.29 is 4.74 Å². The Kier molecular flexibility index (Phi) is 4.97. The molecule has 3 rings (SSSR count). The molecule has 0 fully saturated rings. The number of halogens is 1. The van der Waals surface area contributed by atoms with E-state index in [9.17, 15) is 4.79 Å². The van der Waals surface area contributed by atoms with E-state index in [1.54, 1.807) is 30.3 Å². The molecule has 0 saturated carbocycles. The number of aromatic amines is 1.